The molecule has 2 rings (SSSR count). The fraction of sp³-hybridized carbons (Fsp3) is 0.211. The van der Waals surface area contributed by atoms with Crippen molar-refractivity contribution in [1.82, 2.24) is 5.43 Å². The maximum atomic E-state index is 11.9. The van der Waals surface area contributed by atoms with E-state index in [4.69, 9.17) is 21.1 Å². The Balaban J connectivity index is 1.84. The van der Waals surface area contributed by atoms with E-state index in [2.05, 4.69) is 38.4 Å². The Morgan fingerprint density at radius 3 is 2.54 bits per heavy atom. The number of hydrogen-bond acceptors (Lipinski definition) is 5. The summed E-state index contributed by atoms with van der Waals surface area (Å²) in [6.45, 7) is 0. The molecule has 0 spiro atoms. The lowest BCUT2D eigenvalue weighted by Crippen LogP contribution is -2.20. The number of hydrogen-bond donors (Lipinski definition) is 2. The van der Waals surface area contributed by atoms with E-state index in [0.717, 1.165) is 9.13 Å². The van der Waals surface area contributed by atoms with E-state index in [9.17, 15) is 9.59 Å². The molecule has 0 bridgehead atoms. The number of methoxy groups -OCH3 is 2. The number of nitrogens with one attached hydrogen (secondary N) is 2. The number of halogens is 2. The number of para-hydroxylation sites is 1. The minimum atomic E-state index is -0.374. The molecule has 0 aliphatic heterocycles. The van der Waals surface area contributed by atoms with E-state index in [-0.39, 0.29) is 24.7 Å². The fourth-order valence-corrected chi connectivity index (χ4v) is 3.28. The number of anilines is 1. The molecule has 0 saturated carbocycles. The summed E-state index contributed by atoms with van der Waals surface area (Å²) in [4.78, 5) is 23.8. The lowest BCUT2D eigenvalue weighted by Gasteiger charge is -2.10. The zero-order valence-electron chi connectivity index (χ0n) is 15.3. The van der Waals surface area contributed by atoms with Crippen molar-refractivity contribution in [3.8, 4) is 11.5 Å². The fourth-order valence-electron chi connectivity index (χ4n) is 2.25. The first-order chi connectivity index (χ1) is 13.4. The zero-order valence-corrected chi connectivity index (χ0v) is 18.2. The Hall–Kier alpha value is -2.33. The number of nitrogens with zero attached hydrogens (tertiary/aromatic N) is 1. The summed E-state index contributed by atoms with van der Waals surface area (Å²) in [6.07, 6.45) is 1.50. The molecule has 28 heavy (non-hydrogen) atoms. The Bertz CT molecular complexity index is 889. The van der Waals surface area contributed by atoms with E-state index in [1.54, 1.807) is 44.6 Å². The molecule has 0 unspecified atom stereocenters. The van der Waals surface area contributed by atoms with Crippen LogP contribution in [0.1, 0.15) is 18.4 Å². The Labute approximate surface area is 181 Å². The van der Waals surface area contributed by atoms with Gasteiger partial charge in [-0.25, -0.2) is 5.43 Å². The Morgan fingerprint density at radius 1 is 1.14 bits per heavy atom. The van der Waals surface area contributed by atoms with Crippen LogP contribution in [0.5, 0.6) is 11.5 Å². The molecule has 0 aliphatic rings. The van der Waals surface area contributed by atoms with Crippen molar-refractivity contribution in [1.29, 1.82) is 0 Å². The molecular formula is C19H19ClIN3O4. The number of carbonyl (C=O) groups is 2. The molecule has 0 aliphatic carbocycles. The minimum Gasteiger partial charge on any atom is -0.493 e. The lowest BCUT2D eigenvalue weighted by atomic mass is 10.2. The highest BCUT2D eigenvalue weighted by Gasteiger charge is 2.10. The molecule has 2 aromatic rings. The average molecular weight is 516 g/mol. The zero-order chi connectivity index (χ0) is 20.5. The molecule has 148 valence electrons. The molecular weight excluding hydrogens is 497 g/mol. The molecule has 0 heterocycles. The summed E-state index contributed by atoms with van der Waals surface area (Å²) < 4.78 is 11.4. The van der Waals surface area contributed by atoms with Gasteiger partial charge in [0, 0.05) is 12.8 Å². The van der Waals surface area contributed by atoms with Crippen LogP contribution >= 0.6 is 34.2 Å². The Morgan fingerprint density at radius 2 is 1.86 bits per heavy atom. The van der Waals surface area contributed by atoms with E-state index >= 15 is 0 Å². The van der Waals surface area contributed by atoms with E-state index in [1.165, 1.54) is 6.21 Å². The highest BCUT2D eigenvalue weighted by atomic mass is 127. The predicted octanol–water partition coefficient (Wildman–Crippen LogP) is 3.83. The van der Waals surface area contributed by atoms with Gasteiger partial charge < -0.3 is 14.8 Å². The third-order valence-electron chi connectivity index (χ3n) is 3.59. The van der Waals surface area contributed by atoms with Gasteiger partial charge in [-0.3, -0.25) is 9.59 Å². The van der Waals surface area contributed by atoms with Crippen LogP contribution in [-0.2, 0) is 9.59 Å². The summed E-state index contributed by atoms with van der Waals surface area (Å²) >= 11 is 8.10. The van der Waals surface area contributed by atoms with Crippen molar-refractivity contribution in [2.75, 3.05) is 19.5 Å². The maximum Gasteiger partial charge on any atom is 0.240 e. The largest absolute Gasteiger partial charge is 0.493 e. The van der Waals surface area contributed by atoms with Crippen LogP contribution in [-0.4, -0.2) is 32.2 Å². The molecule has 9 heteroatoms. The van der Waals surface area contributed by atoms with Crippen LogP contribution in [0, 0.1) is 3.57 Å². The van der Waals surface area contributed by atoms with Crippen molar-refractivity contribution in [2.45, 2.75) is 12.8 Å². The summed E-state index contributed by atoms with van der Waals surface area (Å²) in [5.41, 5.74) is 3.64. The van der Waals surface area contributed by atoms with Gasteiger partial charge in [0.15, 0.2) is 11.5 Å². The molecule has 0 atom stereocenters. The Kier molecular flexibility index (Phi) is 8.52. The van der Waals surface area contributed by atoms with Gasteiger partial charge in [-0.2, -0.15) is 5.10 Å². The molecule has 0 aromatic heterocycles. The van der Waals surface area contributed by atoms with Gasteiger partial charge in [-0.15, -0.1) is 0 Å². The van der Waals surface area contributed by atoms with Gasteiger partial charge in [0.05, 0.1) is 34.7 Å². The van der Waals surface area contributed by atoms with E-state index in [0.29, 0.717) is 22.2 Å². The third-order valence-corrected chi connectivity index (χ3v) is 4.72. The van der Waals surface area contributed by atoms with Gasteiger partial charge in [0.2, 0.25) is 11.8 Å². The van der Waals surface area contributed by atoms with Gasteiger partial charge in [0.1, 0.15) is 0 Å². The van der Waals surface area contributed by atoms with Crippen molar-refractivity contribution in [3.05, 3.63) is 50.6 Å². The number of carbonyl (C=O) groups excluding carboxylic acids is 2. The second kappa shape index (κ2) is 10.9. The van der Waals surface area contributed by atoms with E-state index < -0.39 is 0 Å². The number of hydrazone groups is 1. The van der Waals surface area contributed by atoms with Crippen LogP contribution in [0.3, 0.4) is 0 Å². The van der Waals surface area contributed by atoms with Crippen molar-refractivity contribution < 1.29 is 19.1 Å². The standard InChI is InChI=1S/C19H19ClIN3O4/c1-27-16-10-12(9-14(21)19(16)28-2)11-22-24-18(26)8-7-17(25)23-15-6-4-3-5-13(15)20/h3-6,9-11H,7-8H2,1-2H3,(H,23,25)(H,24,26). The lowest BCUT2D eigenvalue weighted by molar-refractivity contribution is -0.124. The smallest absolute Gasteiger partial charge is 0.240 e. The molecule has 7 nitrogen and oxygen atoms in total. The number of amides is 2. The molecule has 2 aromatic carbocycles. The van der Waals surface area contributed by atoms with Crippen molar-refractivity contribution >= 4 is 57.9 Å². The van der Waals surface area contributed by atoms with Gasteiger partial charge >= 0.3 is 0 Å². The molecule has 2 amide bonds. The van der Waals surface area contributed by atoms with E-state index in [1.807, 2.05) is 6.07 Å². The van der Waals surface area contributed by atoms with Crippen LogP contribution in [0.25, 0.3) is 0 Å². The summed E-state index contributed by atoms with van der Waals surface area (Å²) in [6, 6.07) is 10.5. The van der Waals surface area contributed by atoms with Gasteiger partial charge in [-0.05, 0) is 52.4 Å². The molecule has 2 N–H and O–H groups in total. The molecule has 0 radical (unpaired) electrons. The number of rotatable bonds is 8. The van der Waals surface area contributed by atoms with Crippen LogP contribution in [0.15, 0.2) is 41.5 Å². The maximum absolute atomic E-state index is 11.9. The SMILES string of the molecule is COc1cc(C=NNC(=O)CCC(=O)Nc2ccccc2Cl)cc(I)c1OC. The summed E-state index contributed by atoms with van der Waals surface area (Å²) in [5.74, 6) is 0.523. The topological polar surface area (TPSA) is 89.0 Å². The van der Waals surface area contributed by atoms with Crippen molar-refractivity contribution in [3.63, 3.8) is 0 Å². The number of benzene rings is 2. The highest BCUT2D eigenvalue weighted by Crippen LogP contribution is 2.33. The third kappa shape index (κ3) is 6.38. The first-order valence-corrected chi connectivity index (χ1v) is 9.68. The van der Waals surface area contributed by atoms with Crippen LogP contribution in [0.2, 0.25) is 5.02 Å². The average Bonchev–Trinajstić information content (AvgIpc) is 2.67. The molecule has 0 saturated heterocycles. The summed E-state index contributed by atoms with van der Waals surface area (Å²) in [5, 5.41) is 7.01. The second-order valence-electron chi connectivity index (χ2n) is 5.56. The predicted molar refractivity (Wildman–Crippen MR) is 117 cm³/mol. The monoisotopic (exact) mass is 515 g/mol. The van der Waals surface area contributed by atoms with Crippen LogP contribution < -0.4 is 20.2 Å². The minimum absolute atomic E-state index is 0.00288. The first kappa shape index (κ1) is 22.0. The second-order valence-corrected chi connectivity index (χ2v) is 7.13. The van der Waals surface area contributed by atoms with Gasteiger partial charge in [0.25, 0.3) is 0 Å². The first-order valence-electron chi connectivity index (χ1n) is 8.22. The highest BCUT2D eigenvalue weighted by molar-refractivity contribution is 14.1. The number of ether oxygens (including phenoxy) is 2. The van der Waals surface area contributed by atoms with Crippen molar-refractivity contribution in [2.24, 2.45) is 5.10 Å². The summed E-state index contributed by atoms with van der Waals surface area (Å²) in [7, 11) is 3.11. The normalized spacial score (nSPS) is 10.6. The molecule has 0 fully saturated rings. The quantitative estimate of drug-likeness (QED) is 0.318. The van der Waals surface area contributed by atoms with Gasteiger partial charge in [-0.1, -0.05) is 23.7 Å². The van der Waals surface area contributed by atoms with Crippen LogP contribution in [0.4, 0.5) is 5.69 Å².